The van der Waals surface area contributed by atoms with Gasteiger partial charge in [0.2, 0.25) is 0 Å². The number of hydrogen-bond acceptors (Lipinski definition) is 4. The molecule has 0 bridgehead atoms. The molecule has 114 valence electrons. The van der Waals surface area contributed by atoms with E-state index in [9.17, 15) is 8.42 Å². The van der Waals surface area contributed by atoms with Gasteiger partial charge in [0.1, 0.15) is 0 Å². The van der Waals surface area contributed by atoms with Crippen molar-refractivity contribution in [1.29, 1.82) is 0 Å². The van der Waals surface area contributed by atoms with E-state index in [-0.39, 0.29) is 0 Å². The lowest BCUT2D eigenvalue weighted by atomic mass is 10.1. The Balaban J connectivity index is 1.75. The minimum atomic E-state index is -3.17. The molecule has 0 spiro atoms. The molecule has 1 N–H and O–H groups in total. The summed E-state index contributed by atoms with van der Waals surface area (Å²) in [6.07, 6.45) is 3.28. The van der Waals surface area contributed by atoms with Gasteiger partial charge in [-0.15, -0.1) is 0 Å². The second kappa shape index (κ2) is 5.66. The maximum Gasteiger partial charge on any atom is 0.175 e. The van der Waals surface area contributed by atoms with Crippen LogP contribution in [0.25, 0.3) is 5.70 Å². The minimum Gasteiger partial charge on any atom is -0.298 e. The van der Waals surface area contributed by atoms with Crippen molar-refractivity contribution < 1.29 is 8.42 Å². The predicted molar refractivity (Wildman–Crippen MR) is 89.5 cm³/mol. The van der Waals surface area contributed by atoms with Crippen LogP contribution in [0.4, 0.5) is 5.69 Å². The van der Waals surface area contributed by atoms with Crippen molar-refractivity contribution in [2.45, 2.75) is 4.90 Å². The van der Waals surface area contributed by atoms with Gasteiger partial charge in [-0.1, -0.05) is 23.7 Å². The molecule has 0 fully saturated rings. The fourth-order valence-electron chi connectivity index (χ4n) is 2.27. The highest BCUT2D eigenvalue weighted by molar-refractivity contribution is 7.90. The van der Waals surface area contributed by atoms with E-state index in [0.29, 0.717) is 16.5 Å². The highest BCUT2D eigenvalue weighted by atomic mass is 35.5. The summed E-state index contributed by atoms with van der Waals surface area (Å²) in [5.74, 6) is 0. The summed E-state index contributed by atoms with van der Waals surface area (Å²) in [5.41, 5.74) is 6.27. The molecule has 2 aromatic carbocycles. The Morgan fingerprint density at radius 3 is 2.27 bits per heavy atom. The van der Waals surface area contributed by atoms with Gasteiger partial charge in [-0.25, -0.2) is 8.42 Å². The van der Waals surface area contributed by atoms with Gasteiger partial charge in [0, 0.05) is 11.3 Å². The molecule has 0 saturated carbocycles. The predicted octanol–water partition coefficient (Wildman–Crippen LogP) is 3.11. The molecule has 0 atom stereocenters. The molecule has 2 aromatic rings. The normalized spacial score (nSPS) is 14.6. The van der Waals surface area contributed by atoms with Crippen LogP contribution in [0, 0.1) is 0 Å². The Labute approximate surface area is 134 Å². The summed E-state index contributed by atoms with van der Waals surface area (Å²) < 4.78 is 23.0. The molecule has 0 radical (unpaired) electrons. The lowest BCUT2D eigenvalue weighted by molar-refractivity contribution is 0.602. The second-order valence-electron chi connectivity index (χ2n) is 5.11. The first-order chi connectivity index (χ1) is 10.4. The number of anilines is 1. The topological polar surface area (TPSA) is 49.4 Å². The van der Waals surface area contributed by atoms with E-state index in [1.165, 1.54) is 6.26 Å². The van der Waals surface area contributed by atoms with Crippen LogP contribution in [0.5, 0.6) is 0 Å². The summed E-state index contributed by atoms with van der Waals surface area (Å²) in [5, 5.41) is 2.66. The van der Waals surface area contributed by atoms with Crippen molar-refractivity contribution in [3.05, 3.63) is 65.2 Å². The summed E-state index contributed by atoms with van der Waals surface area (Å²) in [6, 6.07) is 14.4. The third kappa shape index (κ3) is 3.10. The lowest BCUT2D eigenvalue weighted by Crippen LogP contribution is -2.31. The number of benzene rings is 2. The van der Waals surface area contributed by atoms with Crippen LogP contribution in [0.1, 0.15) is 5.56 Å². The van der Waals surface area contributed by atoms with Crippen LogP contribution in [0.2, 0.25) is 5.02 Å². The number of nitrogens with zero attached hydrogens (tertiary/aromatic N) is 1. The third-order valence-electron chi connectivity index (χ3n) is 3.47. The van der Waals surface area contributed by atoms with Gasteiger partial charge in [-0.2, -0.15) is 0 Å². The smallest absolute Gasteiger partial charge is 0.175 e. The summed E-state index contributed by atoms with van der Waals surface area (Å²) in [4.78, 5) is 0.321. The van der Waals surface area contributed by atoms with Gasteiger partial charge in [0.15, 0.2) is 9.84 Å². The zero-order chi connectivity index (χ0) is 15.7. The molecule has 0 aliphatic carbocycles. The van der Waals surface area contributed by atoms with Crippen molar-refractivity contribution in [2.75, 3.05) is 17.8 Å². The van der Waals surface area contributed by atoms with E-state index in [4.69, 9.17) is 11.6 Å². The average Bonchev–Trinajstić information content (AvgIpc) is 2.97. The maximum absolute atomic E-state index is 11.5. The van der Waals surface area contributed by atoms with Crippen molar-refractivity contribution in [2.24, 2.45) is 0 Å². The molecular weight excluding hydrogens is 320 g/mol. The monoisotopic (exact) mass is 334 g/mol. The number of rotatable bonds is 3. The van der Waals surface area contributed by atoms with Crippen molar-refractivity contribution in [3.8, 4) is 0 Å². The number of halogens is 1. The molecule has 0 unspecified atom stereocenters. The maximum atomic E-state index is 11.5. The highest BCUT2D eigenvalue weighted by Crippen LogP contribution is 2.24. The molecule has 0 aromatic heterocycles. The highest BCUT2D eigenvalue weighted by Gasteiger charge is 2.16. The first-order valence-electron chi connectivity index (χ1n) is 6.74. The van der Waals surface area contributed by atoms with Crippen LogP contribution in [0.3, 0.4) is 0 Å². The van der Waals surface area contributed by atoms with E-state index in [0.717, 1.165) is 16.9 Å². The van der Waals surface area contributed by atoms with E-state index >= 15 is 0 Å². The number of hydrazine groups is 1. The SMILES string of the molecule is CS(=O)(=O)c1ccc(N2CC=C(c3ccc(Cl)cc3)N2)cc1. The van der Waals surface area contributed by atoms with Gasteiger partial charge in [-0.05, 0) is 48.0 Å². The van der Waals surface area contributed by atoms with Gasteiger partial charge in [0.25, 0.3) is 0 Å². The fraction of sp³-hybridized carbons (Fsp3) is 0.125. The van der Waals surface area contributed by atoms with Crippen LogP contribution < -0.4 is 10.4 Å². The molecule has 4 nitrogen and oxygen atoms in total. The molecule has 22 heavy (non-hydrogen) atoms. The molecule has 6 heteroatoms. The average molecular weight is 335 g/mol. The van der Waals surface area contributed by atoms with Gasteiger partial charge in [0.05, 0.1) is 22.8 Å². The lowest BCUT2D eigenvalue weighted by Gasteiger charge is -2.20. The van der Waals surface area contributed by atoms with Crippen LogP contribution in [0.15, 0.2) is 59.5 Å². The quantitative estimate of drug-likeness (QED) is 0.937. The zero-order valence-electron chi connectivity index (χ0n) is 12.0. The number of nitrogens with one attached hydrogen (secondary N) is 1. The molecule has 1 heterocycles. The molecule has 0 amide bonds. The number of sulfone groups is 1. The van der Waals surface area contributed by atoms with Crippen LogP contribution >= 0.6 is 11.6 Å². The Morgan fingerprint density at radius 2 is 1.68 bits per heavy atom. The molecule has 3 rings (SSSR count). The second-order valence-corrected chi connectivity index (χ2v) is 7.57. The zero-order valence-corrected chi connectivity index (χ0v) is 13.5. The fourth-order valence-corrected chi connectivity index (χ4v) is 3.03. The molecular formula is C16H15ClN2O2S. The Morgan fingerprint density at radius 1 is 1.05 bits per heavy atom. The molecule has 1 aliphatic heterocycles. The van der Waals surface area contributed by atoms with Gasteiger partial charge < -0.3 is 0 Å². The van der Waals surface area contributed by atoms with Gasteiger partial charge in [-0.3, -0.25) is 10.4 Å². The first-order valence-corrected chi connectivity index (χ1v) is 9.01. The number of hydrogen-bond donors (Lipinski definition) is 1. The van der Waals surface area contributed by atoms with Crippen molar-refractivity contribution in [1.82, 2.24) is 5.43 Å². The van der Waals surface area contributed by atoms with E-state index in [1.807, 2.05) is 29.3 Å². The Hall–Kier alpha value is -1.98. The van der Waals surface area contributed by atoms with E-state index in [1.54, 1.807) is 24.3 Å². The summed E-state index contributed by atoms with van der Waals surface area (Å²) in [7, 11) is -3.17. The third-order valence-corrected chi connectivity index (χ3v) is 4.85. The van der Waals surface area contributed by atoms with Crippen LogP contribution in [-0.4, -0.2) is 21.2 Å². The standard InChI is InChI=1S/C16H15ClN2O2S/c1-22(20,21)15-8-6-14(7-9-15)19-11-10-16(18-19)12-2-4-13(17)5-3-12/h2-10,18H,11H2,1H3. The van der Waals surface area contributed by atoms with E-state index in [2.05, 4.69) is 11.5 Å². The van der Waals surface area contributed by atoms with Crippen LogP contribution in [-0.2, 0) is 9.84 Å². The van der Waals surface area contributed by atoms with Gasteiger partial charge >= 0.3 is 0 Å². The largest absolute Gasteiger partial charge is 0.298 e. The summed E-state index contributed by atoms with van der Waals surface area (Å²) in [6.45, 7) is 0.705. The molecule has 1 aliphatic rings. The Kier molecular flexibility index (Phi) is 3.85. The Bertz CT molecular complexity index is 812. The molecule has 0 saturated heterocycles. The van der Waals surface area contributed by atoms with Crippen molar-refractivity contribution >= 4 is 32.8 Å². The van der Waals surface area contributed by atoms with Crippen molar-refractivity contribution in [3.63, 3.8) is 0 Å². The minimum absolute atomic E-state index is 0.321. The van der Waals surface area contributed by atoms with E-state index < -0.39 is 9.84 Å². The summed E-state index contributed by atoms with van der Waals surface area (Å²) >= 11 is 5.90. The first kappa shape index (κ1) is 14.9.